The van der Waals surface area contributed by atoms with Gasteiger partial charge < -0.3 is 0 Å². The topological polar surface area (TPSA) is 0 Å². The van der Waals surface area contributed by atoms with E-state index in [1.807, 2.05) is 17.4 Å². The zero-order valence-electron chi connectivity index (χ0n) is 7.03. The standard InChI is InChI=1S/C11H9BrS/c12-8-10-6-7-11(13-10)9-4-2-1-3-5-9/h1-7H,8H2. The molecule has 0 N–H and O–H groups in total. The van der Waals surface area contributed by atoms with E-state index in [4.69, 9.17) is 0 Å². The van der Waals surface area contributed by atoms with E-state index in [9.17, 15) is 0 Å². The van der Waals surface area contributed by atoms with Crippen LogP contribution in [0.25, 0.3) is 10.4 Å². The molecular formula is C11H9BrS. The SMILES string of the molecule is BrCc1ccc(-c2ccccc2)s1. The third-order valence-electron chi connectivity index (χ3n) is 1.85. The van der Waals surface area contributed by atoms with Crippen molar-refractivity contribution in [2.75, 3.05) is 0 Å². The maximum Gasteiger partial charge on any atom is 0.0377 e. The molecule has 66 valence electrons. The lowest BCUT2D eigenvalue weighted by Crippen LogP contribution is -1.67. The third kappa shape index (κ3) is 2.01. The molecule has 0 amide bonds. The van der Waals surface area contributed by atoms with Gasteiger partial charge >= 0.3 is 0 Å². The zero-order chi connectivity index (χ0) is 9.10. The fourth-order valence-corrected chi connectivity index (χ4v) is 2.60. The molecule has 0 bridgehead atoms. The van der Waals surface area contributed by atoms with Gasteiger partial charge in [0.05, 0.1) is 0 Å². The predicted octanol–water partition coefficient (Wildman–Crippen LogP) is 4.31. The third-order valence-corrected chi connectivity index (χ3v) is 3.96. The van der Waals surface area contributed by atoms with Crippen molar-refractivity contribution >= 4 is 27.3 Å². The molecule has 0 saturated carbocycles. The van der Waals surface area contributed by atoms with Gasteiger partial charge in [0.25, 0.3) is 0 Å². The van der Waals surface area contributed by atoms with Crippen molar-refractivity contribution in [2.24, 2.45) is 0 Å². The fraction of sp³-hybridized carbons (Fsp3) is 0.0909. The lowest BCUT2D eigenvalue weighted by molar-refractivity contribution is 1.59. The molecule has 1 aromatic carbocycles. The average Bonchev–Trinajstić information content (AvgIpc) is 2.67. The van der Waals surface area contributed by atoms with Crippen LogP contribution < -0.4 is 0 Å². The summed E-state index contributed by atoms with van der Waals surface area (Å²) in [7, 11) is 0. The normalized spacial score (nSPS) is 10.2. The van der Waals surface area contributed by atoms with Crippen LogP contribution in [0.15, 0.2) is 42.5 Å². The van der Waals surface area contributed by atoms with Crippen molar-refractivity contribution in [3.63, 3.8) is 0 Å². The van der Waals surface area contributed by atoms with E-state index in [1.165, 1.54) is 15.3 Å². The molecule has 2 rings (SSSR count). The first kappa shape index (κ1) is 8.97. The summed E-state index contributed by atoms with van der Waals surface area (Å²) in [4.78, 5) is 2.72. The van der Waals surface area contributed by atoms with Crippen LogP contribution in [0.1, 0.15) is 4.88 Å². The highest BCUT2D eigenvalue weighted by molar-refractivity contribution is 9.08. The van der Waals surface area contributed by atoms with Gasteiger partial charge in [-0.25, -0.2) is 0 Å². The highest BCUT2D eigenvalue weighted by Gasteiger charge is 2.00. The molecule has 2 heteroatoms. The van der Waals surface area contributed by atoms with Gasteiger partial charge in [0, 0.05) is 15.1 Å². The summed E-state index contributed by atoms with van der Waals surface area (Å²) in [5, 5.41) is 0.949. The fourth-order valence-electron chi connectivity index (χ4n) is 1.21. The minimum Gasteiger partial charge on any atom is -0.139 e. The Labute approximate surface area is 90.4 Å². The van der Waals surface area contributed by atoms with Gasteiger partial charge in [0.1, 0.15) is 0 Å². The molecule has 0 atom stereocenters. The Morgan fingerprint density at radius 3 is 2.38 bits per heavy atom. The second-order valence-corrected chi connectivity index (χ2v) is 4.49. The van der Waals surface area contributed by atoms with Gasteiger partial charge in [0.2, 0.25) is 0 Å². The molecule has 0 aliphatic rings. The number of halogens is 1. The van der Waals surface area contributed by atoms with Crippen molar-refractivity contribution < 1.29 is 0 Å². The summed E-state index contributed by atoms with van der Waals surface area (Å²) in [6.45, 7) is 0. The largest absolute Gasteiger partial charge is 0.139 e. The van der Waals surface area contributed by atoms with E-state index in [2.05, 4.69) is 52.3 Å². The highest BCUT2D eigenvalue weighted by Crippen LogP contribution is 2.28. The predicted molar refractivity (Wildman–Crippen MR) is 62.4 cm³/mol. The molecule has 0 aliphatic carbocycles. The maximum absolute atomic E-state index is 3.45. The molecule has 2 aromatic rings. The van der Waals surface area contributed by atoms with E-state index >= 15 is 0 Å². The number of benzene rings is 1. The van der Waals surface area contributed by atoms with Crippen molar-refractivity contribution in [1.82, 2.24) is 0 Å². The Bertz CT molecular complexity index is 378. The Balaban J connectivity index is 2.36. The maximum atomic E-state index is 3.45. The Kier molecular flexibility index (Phi) is 2.81. The lowest BCUT2D eigenvalue weighted by atomic mass is 10.2. The van der Waals surface area contributed by atoms with Crippen LogP contribution >= 0.6 is 27.3 Å². The molecule has 0 aliphatic heterocycles. The van der Waals surface area contributed by atoms with Crippen LogP contribution in [0.3, 0.4) is 0 Å². The first-order valence-electron chi connectivity index (χ1n) is 4.10. The van der Waals surface area contributed by atoms with E-state index in [1.54, 1.807) is 0 Å². The minimum absolute atomic E-state index is 0.949. The summed E-state index contributed by atoms with van der Waals surface area (Å²) < 4.78 is 0. The van der Waals surface area contributed by atoms with E-state index in [0.717, 1.165) is 5.33 Å². The number of hydrogen-bond acceptors (Lipinski definition) is 1. The van der Waals surface area contributed by atoms with E-state index in [-0.39, 0.29) is 0 Å². The number of alkyl halides is 1. The molecule has 0 spiro atoms. The van der Waals surface area contributed by atoms with E-state index < -0.39 is 0 Å². The van der Waals surface area contributed by atoms with Crippen molar-refractivity contribution in [2.45, 2.75) is 5.33 Å². The van der Waals surface area contributed by atoms with Crippen molar-refractivity contribution in [3.05, 3.63) is 47.3 Å². The smallest absolute Gasteiger partial charge is 0.0377 e. The molecule has 1 heterocycles. The van der Waals surface area contributed by atoms with Gasteiger partial charge in [-0.05, 0) is 17.7 Å². The molecule has 0 fully saturated rings. The summed E-state index contributed by atoms with van der Waals surface area (Å²) in [5.41, 5.74) is 1.31. The first-order chi connectivity index (χ1) is 6.40. The Hall–Kier alpha value is -0.600. The molecule has 0 saturated heterocycles. The molecule has 0 radical (unpaired) electrons. The second kappa shape index (κ2) is 4.07. The van der Waals surface area contributed by atoms with Gasteiger partial charge in [0.15, 0.2) is 0 Å². The zero-order valence-corrected chi connectivity index (χ0v) is 9.44. The van der Waals surface area contributed by atoms with Gasteiger partial charge in [-0.1, -0.05) is 46.3 Å². The summed E-state index contributed by atoms with van der Waals surface area (Å²) in [6.07, 6.45) is 0. The van der Waals surface area contributed by atoms with Crippen LogP contribution in [0.5, 0.6) is 0 Å². The lowest BCUT2D eigenvalue weighted by Gasteiger charge is -1.94. The van der Waals surface area contributed by atoms with Crippen molar-refractivity contribution in [1.29, 1.82) is 0 Å². The molecule has 1 aromatic heterocycles. The second-order valence-electron chi connectivity index (χ2n) is 2.77. The van der Waals surface area contributed by atoms with Crippen LogP contribution in [0.2, 0.25) is 0 Å². The van der Waals surface area contributed by atoms with Gasteiger partial charge in [-0.2, -0.15) is 0 Å². The number of hydrogen-bond donors (Lipinski definition) is 0. The summed E-state index contributed by atoms with van der Waals surface area (Å²) in [5.74, 6) is 0. The van der Waals surface area contributed by atoms with Gasteiger partial charge in [-0.15, -0.1) is 11.3 Å². The van der Waals surface area contributed by atoms with Crippen LogP contribution in [0.4, 0.5) is 0 Å². The molecule has 13 heavy (non-hydrogen) atoms. The molecular weight excluding hydrogens is 244 g/mol. The van der Waals surface area contributed by atoms with Crippen LogP contribution in [-0.4, -0.2) is 0 Å². The first-order valence-corrected chi connectivity index (χ1v) is 6.04. The van der Waals surface area contributed by atoms with Crippen LogP contribution in [0, 0.1) is 0 Å². The van der Waals surface area contributed by atoms with Crippen LogP contribution in [-0.2, 0) is 5.33 Å². The Morgan fingerprint density at radius 1 is 1.00 bits per heavy atom. The number of thiophene rings is 1. The van der Waals surface area contributed by atoms with Crippen molar-refractivity contribution in [3.8, 4) is 10.4 Å². The monoisotopic (exact) mass is 252 g/mol. The molecule has 0 unspecified atom stereocenters. The van der Waals surface area contributed by atoms with E-state index in [0.29, 0.717) is 0 Å². The summed E-state index contributed by atoms with van der Waals surface area (Å²) >= 11 is 5.29. The highest BCUT2D eigenvalue weighted by atomic mass is 79.9. The average molecular weight is 253 g/mol. The van der Waals surface area contributed by atoms with Gasteiger partial charge in [-0.3, -0.25) is 0 Å². The quantitative estimate of drug-likeness (QED) is 0.699. The number of rotatable bonds is 2. The minimum atomic E-state index is 0.949. The summed E-state index contributed by atoms with van der Waals surface area (Å²) in [6, 6.07) is 14.8. The Morgan fingerprint density at radius 2 is 1.77 bits per heavy atom. The molecule has 0 nitrogen and oxygen atoms in total.